The maximum Gasteiger partial charge on any atom is 0.344 e. The van der Waals surface area contributed by atoms with Crippen LogP contribution in [0.25, 0.3) is 0 Å². The van der Waals surface area contributed by atoms with Crippen molar-refractivity contribution in [1.29, 1.82) is 0 Å². The first-order valence-electron chi connectivity index (χ1n) is 20.3. The Morgan fingerprint density at radius 2 is 0.831 bits per heavy atom. The second-order valence-corrected chi connectivity index (χ2v) is 20.8. The van der Waals surface area contributed by atoms with Gasteiger partial charge in [-0.15, -0.1) is 0 Å². The Morgan fingerprint density at radius 1 is 0.508 bits per heavy atom. The Morgan fingerprint density at radius 3 is 1.14 bits per heavy atom. The van der Waals surface area contributed by atoms with Gasteiger partial charge in [0.1, 0.15) is 47.4 Å². The van der Waals surface area contributed by atoms with Gasteiger partial charge in [-0.3, -0.25) is 0 Å². The number of ether oxygens (including phenoxy) is 6. The van der Waals surface area contributed by atoms with Crippen LogP contribution >= 0.6 is 90.4 Å². The van der Waals surface area contributed by atoms with Gasteiger partial charge in [-0.1, -0.05) is 52.0 Å². The molecule has 2 aliphatic carbocycles. The van der Waals surface area contributed by atoms with E-state index in [0.717, 1.165) is 94.7 Å². The van der Waals surface area contributed by atoms with E-state index >= 15 is 0 Å². The zero-order valence-corrected chi connectivity index (χ0v) is 42.7. The molecule has 0 bridgehead atoms. The van der Waals surface area contributed by atoms with E-state index in [1.54, 1.807) is 0 Å². The lowest BCUT2D eigenvalue weighted by Gasteiger charge is -2.33. The third-order valence-electron chi connectivity index (χ3n) is 11.5. The minimum atomic E-state index is -0.360. The van der Waals surface area contributed by atoms with Crippen LogP contribution in [0.4, 0.5) is 0 Å². The van der Waals surface area contributed by atoms with E-state index in [0.29, 0.717) is 24.7 Å². The maximum atomic E-state index is 12.7. The molecule has 4 aromatic carbocycles. The van der Waals surface area contributed by atoms with Crippen LogP contribution in [0, 0.1) is 26.1 Å². The molecule has 0 spiro atoms. The molecule has 12 heteroatoms. The molecule has 0 amide bonds. The van der Waals surface area contributed by atoms with Crippen LogP contribution in [0.15, 0.2) is 72.8 Å². The first kappa shape index (κ1) is 46.4. The highest BCUT2D eigenvalue weighted by molar-refractivity contribution is 14.1. The molecule has 8 nitrogen and oxygen atoms in total. The van der Waals surface area contributed by atoms with Crippen LogP contribution in [0.2, 0.25) is 0 Å². The first-order valence-corrected chi connectivity index (χ1v) is 24.6. The van der Waals surface area contributed by atoms with E-state index < -0.39 is 0 Å². The van der Waals surface area contributed by atoms with Crippen molar-refractivity contribution in [2.75, 3.05) is 13.2 Å². The highest BCUT2D eigenvalue weighted by atomic mass is 127. The highest BCUT2D eigenvalue weighted by Gasteiger charge is 2.41. The van der Waals surface area contributed by atoms with E-state index in [2.05, 4.69) is 142 Å². The van der Waals surface area contributed by atoms with Gasteiger partial charge >= 0.3 is 11.9 Å². The van der Waals surface area contributed by atoms with Crippen LogP contribution in [-0.2, 0) is 38.7 Å². The number of benzene rings is 4. The molecule has 2 aliphatic rings. The zero-order chi connectivity index (χ0) is 42.2. The van der Waals surface area contributed by atoms with Crippen molar-refractivity contribution in [3.05, 3.63) is 109 Å². The highest BCUT2D eigenvalue weighted by Crippen LogP contribution is 2.41. The molecule has 6 rings (SSSR count). The molecule has 0 saturated heterocycles. The largest absolute Gasteiger partial charge is 0.489 e. The molecular formula is C47H52I4O8. The molecule has 0 radical (unpaired) electrons. The molecule has 0 heterocycles. The van der Waals surface area contributed by atoms with Gasteiger partial charge in [0, 0.05) is 0 Å². The second-order valence-electron chi connectivity index (χ2n) is 16.2. The van der Waals surface area contributed by atoms with Crippen LogP contribution in [0.1, 0.15) is 101 Å². The fourth-order valence-electron chi connectivity index (χ4n) is 7.96. The summed E-state index contributed by atoms with van der Waals surface area (Å²) >= 11 is 9.01. The predicted molar refractivity (Wildman–Crippen MR) is 263 cm³/mol. The summed E-state index contributed by atoms with van der Waals surface area (Å²) in [6, 6.07) is 24.5. The maximum absolute atomic E-state index is 12.7. The molecule has 0 aromatic heterocycles. The molecule has 2 fully saturated rings. The smallest absolute Gasteiger partial charge is 0.344 e. The van der Waals surface area contributed by atoms with Crippen LogP contribution in [-0.4, -0.2) is 36.4 Å². The number of hydrogen-bond donors (Lipinski definition) is 0. The number of carbonyl (C=O) groups is 2. The Balaban J connectivity index is 0.934. The normalized spacial score (nSPS) is 15.6. The summed E-state index contributed by atoms with van der Waals surface area (Å²) in [6.07, 6.45) is 8.86. The lowest BCUT2D eigenvalue weighted by atomic mass is 9.88. The average molecular weight is 1250 g/mol. The van der Waals surface area contributed by atoms with Crippen molar-refractivity contribution >= 4 is 102 Å². The second kappa shape index (κ2) is 21.3. The molecule has 0 N–H and O–H groups in total. The van der Waals surface area contributed by atoms with Crippen LogP contribution in [0.3, 0.4) is 0 Å². The minimum Gasteiger partial charge on any atom is -0.489 e. The zero-order valence-electron chi connectivity index (χ0n) is 34.1. The Labute approximate surface area is 403 Å². The summed E-state index contributed by atoms with van der Waals surface area (Å²) in [5.41, 5.74) is 3.69. The number of halogens is 4. The van der Waals surface area contributed by atoms with Crippen molar-refractivity contribution in [3.63, 3.8) is 0 Å². The van der Waals surface area contributed by atoms with Gasteiger partial charge in [-0.25, -0.2) is 9.59 Å². The monoisotopic (exact) mass is 1250 g/mol. The van der Waals surface area contributed by atoms with E-state index in [1.807, 2.05) is 48.5 Å². The number of carbonyl (C=O) groups excluding carboxylic acids is 2. The van der Waals surface area contributed by atoms with Crippen molar-refractivity contribution < 1.29 is 38.0 Å². The lowest BCUT2D eigenvalue weighted by molar-refractivity contribution is -0.167. The molecule has 4 aromatic rings. The Bertz CT molecular complexity index is 1860. The fourth-order valence-corrected chi connectivity index (χ4v) is 12.4. The third-order valence-corrected chi connectivity index (χ3v) is 14.7. The SMILES string of the molecule is CC(C)C1(OC(=O)COc2c(I)cc(COc3ccc(Cc4ccc(OCc5cc(I)c(OCC(=O)OC6(C(C)C)CCCC6)c(I)c5)cc4)cc3)cc2I)CCCC1. The van der Waals surface area contributed by atoms with E-state index in [9.17, 15) is 9.59 Å². The van der Waals surface area contributed by atoms with Crippen molar-refractivity contribution in [1.82, 2.24) is 0 Å². The first-order chi connectivity index (χ1) is 28.2. The fraction of sp³-hybridized carbons (Fsp3) is 0.447. The topological polar surface area (TPSA) is 89.5 Å². The number of hydrogen-bond acceptors (Lipinski definition) is 8. The van der Waals surface area contributed by atoms with Crippen molar-refractivity contribution in [2.24, 2.45) is 11.8 Å². The number of rotatable bonds is 18. The molecule has 0 aliphatic heterocycles. The van der Waals surface area contributed by atoms with Crippen LogP contribution < -0.4 is 18.9 Å². The molecule has 59 heavy (non-hydrogen) atoms. The van der Waals surface area contributed by atoms with E-state index in [1.165, 1.54) is 11.1 Å². The van der Waals surface area contributed by atoms with Gasteiger partial charge in [0.25, 0.3) is 0 Å². The van der Waals surface area contributed by atoms with Crippen LogP contribution in [0.5, 0.6) is 23.0 Å². The van der Waals surface area contributed by atoms with Gasteiger partial charge in [-0.2, -0.15) is 0 Å². The standard InChI is InChI=1S/C47H52I4O8/c1-30(2)46(17-5-6-18-46)58-42(52)28-56-44-38(48)22-34(23-39(44)49)26-54-36-13-9-32(10-14-36)21-33-11-15-37(16-12-33)55-27-35-24-40(50)45(41(51)25-35)57-29-43(53)59-47(31(3)4)19-7-8-20-47/h9-16,22-25,30-31H,5-8,17-21,26-29H2,1-4H3. The Hall–Kier alpha value is -2.06. The van der Waals surface area contributed by atoms with E-state index in [-0.39, 0.29) is 48.2 Å². The summed E-state index contributed by atoms with van der Waals surface area (Å²) in [6.45, 7) is 9.13. The third kappa shape index (κ3) is 12.5. The van der Waals surface area contributed by atoms with Gasteiger partial charge in [0.2, 0.25) is 0 Å². The summed E-state index contributed by atoms with van der Waals surface area (Å²) in [4.78, 5) is 25.5. The van der Waals surface area contributed by atoms with Crippen molar-refractivity contribution in [2.45, 2.75) is 110 Å². The molecule has 0 unspecified atom stereocenters. The van der Waals surface area contributed by atoms with Crippen molar-refractivity contribution in [3.8, 4) is 23.0 Å². The summed E-state index contributed by atoms with van der Waals surface area (Å²) in [5, 5.41) is 0. The average Bonchev–Trinajstić information content (AvgIpc) is 3.88. The van der Waals surface area contributed by atoms with Gasteiger partial charge in [0.15, 0.2) is 13.2 Å². The molecule has 0 atom stereocenters. The molecule has 2 saturated carbocycles. The quantitative estimate of drug-likeness (QED) is 0.0719. The Kier molecular flexibility index (Phi) is 16.8. The van der Waals surface area contributed by atoms with E-state index in [4.69, 9.17) is 28.4 Å². The van der Waals surface area contributed by atoms with Gasteiger partial charge in [-0.05, 0) is 231 Å². The molecule has 316 valence electrons. The lowest BCUT2D eigenvalue weighted by Crippen LogP contribution is -2.39. The summed E-state index contributed by atoms with van der Waals surface area (Å²) in [5.74, 6) is 2.92. The van der Waals surface area contributed by atoms with Gasteiger partial charge in [0.05, 0.1) is 14.3 Å². The molecular weight excluding hydrogens is 1200 g/mol. The predicted octanol–water partition coefficient (Wildman–Crippen LogP) is 12.6. The summed E-state index contributed by atoms with van der Waals surface area (Å²) < 4.78 is 39.9. The van der Waals surface area contributed by atoms with Gasteiger partial charge < -0.3 is 28.4 Å². The minimum absolute atomic E-state index is 0.103. The number of esters is 2. The summed E-state index contributed by atoms with van der Waals surface area (Å²) in [7, 11) is 0.